The van der Waals surface area contributed by atoms with Crippen molar-refractivity contribution in [2.75, 3.05) is 33.7 Å². The molecule has 0 fully saturated rings. The van der Waals surface area contributed by atoms with Gasteiger partial charge in [-0.1, -0.05) is 38.1 Å². The Hall–Kier alpha value is -4.45. The first-order chi connectivity index (χ1) is 23.1. The third-order valence-corrected chi connectivity index (χ3v) is 7.73. The summed E-state index contributed by atoms with van der Waals surface area (Å²) in [7, 11) is 3.99. The Morgan fingerprint density at radius 1 is 0.917 bits per heavy atom. The molecule has 48 heavy (non-hydrogen) atoms. The van der Waals surface area contributed by atoms with Gasteiger partial charge in [-0.25, -0.2) is 13.8 Å². The van der Waals surface area contributed by atoms with Gasteiger partial charge in [-0.05, 0) is 80.4 Å². The third kappa shape index (κ3) is 10.5. The van der Waals surface area contributed by atoms with Gasteiger partial charge in [-0.15, -0.1) is 0 Å². The lowest BCUT2D eigenvalue weighted by molar-refractivity contribution is 0.0755. The molecule has 0 aliphatic heterocycles. The summed E-state index contributed by atoms with van der Waals surface area (Å²) < 4.78 is 33.7. The van der Waals surface area contributed by atoms with Crippen molar-refractivity contribution in [2.45, 2.75) is 58.3 Å². The summed E-state index contributed by atoms with van der Waals surface area (Å²) in [6, 6.07) is 15.0. The molecule has 11 heteroatoms. The zero-order valence-electron chi connectivity index (χ0n) is 28.0. The molecular weight excluding hydrogens is 616 g/mol. The van der Waals surface area contributed by atoms with Crippen molar-refractivity contribution in [3.05, 3.63) is 113 Å². The lowest BCUT2D eigenvalue weighted by Gasteiger charge is -2.25. The van der Waals surface area contributed by atoms with Crippen molar-refractivity contribution in [3.63, 3.8) is 0 Å². The van der Waals surface area contributed by atoms with Crippen LogP contribution < -0.4 is 10.6 Å². The molecule has 0 radical (unpaired) electrons. The summed E-state index contributed by atoms with van der Waals surface area (Å²) in [5, 5.41) is 17.4. The van der Waals surface area contributed by atoms with Crippen LogP contribution in [0.15, 0.2) is 77.5 Å². The van der Waals surface area contributed by atoms with Crippen LogP contribution in [0.3, 0.4) is 0 Å². The van der Waals surface area contributed by atoms with E-state index in [2.05, 4.69) is 26.6 Å². The van der Waals surface area contributed by atoms with Crippen LogP contribution in [-0.4, -0.2) is 77.6 Å². The Kier molecular flexibility index (Phi) is 13.4. The number of aromatic nitrogens is 1. The fraction of sp³-hybridized carbons (Fsp3) is 0.378. The summed E-state index contributed by atoms with van der Waals surface area (Å²) in [4.78, 5) is 35.5. The Labute approximate surface area is 281 Å². The minimum absolute atomic E-state index is 0.0480. The number of nitrogens with one attached hydrogen (secondary N) is 2. The molecule has 256 valence electrons. The molecule has 1 aromatic heterocycles. The maximum Gasteiger partial charge on any atom is 0.253 e. The topological polar surface area (TPSA) is 111 Å². The number of nitrogens with zero attached hydrogens (tertiary/aromatic N) is 3. The van der Waals surface area contributed by atoms with Crippen molar-refractivity contribution in [2.24, 2.45) is 0 Å². The Balaban J connectivity index is 1.59. The standard InChI is InChI=1S/C37H45F2N5O4/c1-5-11-44(12-6-2)37(47)30-19-28(18-29(20-30)36-41-10-13-48-36)35(46)42-33(17-27-15-31(38)21-32(39)16-27)34(45)23-40-22-25-8-7-9-26(14-25)24-43(3)4/h7-10,13-16,18-21,33-34,40,45H,5-6,11-12,17,22-24H2,1-4H3,(H,42,46)/t33-,34+/m1/s1. The summed E-state index contributed by atoms with van der Waals surface area (Å²) in [6.45, 7) is 6.43. The van der Waals surface area contributed by atoms with Crippen LogP contribution in [0.5, 0.6) is 0 Å². The highest BCUT2D eigenvalue weighted by atomic mass is 19.1. The van der Waals surface area contributed by atoms with E-state index in [-0.39, 0.29) is 35.9 Å². The molecule has 2 amide bonds. The van der Waals surface area contributed by atoms with E-state index in [1.807, 2.05) is 46.1 Å². The zero-order valence-corrected chi connectivity index (χ0v) is 28.0. The van der Waals surface area contributed by atoms with Crippen molar-refractivity contribution in [3.8, 4) is 11.5 Å². The quantitative estimate of drug-likeness (QED) is 0.138. The van der Waals surface area contributed by atoms with Crippen molar-refractivity contribution in [1.29, 1.82) is 0 Å². The number of hydrogen-bond donors (Lipinski definition) is 3. The normalized spacial score (nSPS) is 12.6. The second-order valence-electron chi connectivity index (χ2n) is 12.2. The van der Waals surface area contributed by atoms with Crippen LogP contribution in [-0.2, 0) is 19.5 Å². The molecule has 4 aromatic rings. The Morgan fingerprint density at radius 2 is 1.60 bits per heavy atom. The van der Waals surface area contributed by atoms with Crippen molar-refractivity contribution >= 4 is 11.8 Å². The molecule has 3 N–H and O–H groups in total. The molecule has 9 nitrogen and oxygen atoms in total. The summed E-state index contributed by atoms with van der Waals surface area (Å²) >= 11 is 0. The summed E-state index contributed by atoms with van der Waals surface area (Å²) in [6.07, 6.45) is 3.24. The van der Waals surface area contributed by atoms with Gasteiger partial charge >= 0.3 is 0 Å². The maximum absolute atomic E-state index is 14.1. The second kappa shape index (κ2) is 17.6. The average molecular weight is 662 g/mol. The minimum Gasteiger partial charge on any atom is -0.445 e. The Bertz CT molecular complexity index is 1620. The Morgan fingerprint density at radius 3 is 2.25 bits per heavy atom. The van der Waals surface area contributed by atoms with Crippen LogP contribution in [0.2, 0.25) is 0 Å². The van der Waals surface area contributed by atoms with Gasteiger partial charge in [-0.2, -0.15) is 0 Å². The third-order valence-electron chi connectivity index (χ3n) is 7.73. The zero-order chi connectivity index (χ0) is 34.6. The number of halogens is 2. The molecule has 0 spiro atoms. The molecule has 2 atom stereocenters. The first-order valence-corrected chi connectivity index (χ1v) is 16.3. The number of aliphatic hydroxyl groups is 1. The highest BCUT2D eigenvalue weighted by Crippen LogP contribution is 2.23. The SMILES string of the molecule is CCCN(CCC)C(=O)c1cc(C(=O)N[C@H](Cc2cc(F)cc(F)c2)[C@@H](O)CNCc2cccc(CN(C)C)c2)cc(-c2ncco2)c1. The van der Waals surface area contributed by atoms with E-state index in [9.17, 15) is 23.5 Å². The highest BCUT2D eigenvalue weighted by Gasteiger charge is 2.25. The number of benzene rings is 3. The smallest absolute Gasteiger partial charge is 0.253 e. The maximum atomic E-state index is 14.1. The number of carbonyl (C=O) groups excluding carboxylic acids is 2. The molecule has 3 aromatic carbocycles. The van der Waals surface area contributed by atoms with E-state index in [1.165, 1.54) is 30.7 Å². The van der Waals surface area contributed by atoms with Crippen LogP contribution in [0.25, 0.3) is 11.5 Å². The van der Waals surface area contributed by atoms with E-state index in [0.717, 1.165) is 36.6 Å². The lowest BCUT2D eigenvalue weighted by atomic mass is 9.99. The number of hydrogen-bond acceptors (Lipinski definition) is 7. The van der Waals surface area contributed by atoms with E-state index in [0.29, 0.717) is 30.8 Å². The van der Waals surface area contributed by atoms with E-state index in [4.69, 9.17) is 4.42 Å². The van der Waals surface area contributed by atoms with Crippen molar-refractivity contribution < 1.29 is 27.9 Å². The number of rotatable bonds is 17. The number of aliphatic hydroxyl groups excluding tert-OH is 1. The highest BCUT2D eigenvalue weighted by molar-refractivity contribution is 6.01. The molecule has 0 saturated carbocycles. The van der Waals surface area contributed by atoms with Crippen LogP contribution in [0.4, 0.5) is 8.78 Å². The molecule has 0 bridgehead atoms. The summed E-state index contributed by atoms with van der Waals surface area (Å²) in [5.41, 5.74) is 3.32. The van der Waals surface area contributed by atoms with Crippen LogP contribution in [0, 0.1) is 11.6 Å². The van der Waals surface area contributed by atoms with Gasteiger partial charge < -0.3 is 30.0 Å². The van der Waals surface area contributed by atoms with E-state index >= 15 is 0 Å². The predicted octanol–water partition coefficient (Wildman–Crippen LogP) is 5.44. The van der Waals surface area contributed by atoms with Gasteiger partial charge in [0, 0.05) is 55.5 Å². The largest absolute Gasteiger partial charge is 0.445 e. The minimum atomic E-state index is -1.13. The van der Waals surface area contributed by atoms with Crippen LogP contribution >= 0.6 is 0 Å². The van der Waals surface area contributed by atoms with E-state index in [1.54, 1.807) is 17.0 Å². The first-order valence-electron chi connectivity index (χ1n) is 16.3. The molecule has 0 aliphatic carbocycles. The van der Waals surface area contributed by atoms with Crippen molar-refractivity contribution in [1.82, 2.24) is 25.4 Å². The van der Waals surface area contributed by atoms with Gasteiger partial charge in [0.15, 0.2) is 0 Å². The van der Waals surface area contributed by atoms with E-state index < -0.39 is 29.7 Å². The lowest BCUT2D eigenvalue weighted by Crippen LogP contribution is -2.48. The molecule has 4 rings (SSSR count). The molecule has 0 saturated heterocycles. The average Bonchev–Trinajstić information content (AvgIpc) is 3.59. The van der Waals surface area contributed by atoms with Gasteiger partial charge in [0.05, 0.1) is 18.3 Å². The number of carbonyl (C=O) groups is 2. The second-order valence-corrected chi connectivity index (χ2v) is 12.2. The molecule has 0 aliphatic rings. The van der Waals surface area contributed by atoms with Gasteiger partial charge in [-0.3, -0.25) is 9.59 Å². The molecule has 1 heterocycles. The monoisotopic (exact) mass is 661 g/mol. The molecule has 0 unspecified atom stereocenters. The number of oxazole rings is 1. The fourth-order valence-electron chi connectivity index (χ4n) is 5.64. The van der Waals surface area contributed by atoms with Gasteiger partial charge in [0.1, 0.15) is 17.9 Å². The van der Waals surface area contributed by atoms with Crippen LogP contribution in [0.1, 0.15) is 64.1 Å². The van der Waals surface area contributed by atoms with Gasteiger partial charge in [0.25, 0.3) is 11.8 Å². The predicted molar refractivity (Wildman–Crippen MR) is 181 cm³/mol. The summed E-state index contributed by atoms with van der Waals surface area (Å²) in [5.74, 6) is -2.09. The molecular formula is C37H45F2N5O4. The van der Waals surface area contributed by atoms with Gasteiger partial charge in [0.2, 0.25) is 5.89 Å². The first kappa shape index (κ1) is 36.4. The fourth-order valence-corrected chi connectivity index (χ4v) is 5.64. The number of amides is 2.